The van der Waals surface area contributed by atoms with Crippen molar-refractivity contribution >= 4 is 0 Å². The Labute approximate surface area is 132 Å². The van der Waals surface area contributed by atoms with Crippen LogP contribution in [0.4, 0.5) is 0 Å². The summed E-state index contributed by atoms with van der Waals surface area (Å²) >= 11 is 0. The van der Waals surface area contributed by atoms with Crippen LogP contribution in [0.1, 0.15) is 37.8 Å². The third-order valence-electron chi connectivity index (χ3n) is 3.89. The molecule has 22 heavy (non-hydrogen) atoms. The van der Waals surface area contributed by atoms with Crippen LogP contribution >= 0.6 is 0 Å². The number of nitrogens with one attached hydrogen (secondary N) is 1. The van der Waals surface area contributed by atoms with Crippen LogP contribution < -0.4 is 5.32 Å². The molecule has 0 aliphatic rings. The van der Waals surface area contributed by atoms with Gasteiger partial charge in [-0.2, -0.15) is 5.10 Å². The molecule has 0 atom stereocenters. The monoisotopic (exact) mass is 302 g/mol. The van der Waals surface area contributed by atoms with Gasteiger partial charge in [0.2, 0.25) is 0 Å². The molecule has 0 amide bonds. The molecule has 2 rings (SSSR count). The molecule has 2 N–H and O–H groups in total. The summed E-state index contributed by atoms with van der Waals surface area (Å²) in [7, 11) is 0. The highest BCUT2D eigenvalue weighted by Crippen LogP contribution is 2.20. The standard InChI is InChI=1S/C17H26N4O/c1-14-9-15(5-6-16(14)21-13-19-12-20-21)10-18-8-4-7-17(2,3)11-22/h5-6,9,12-13,18,22H,4,7-8,10-11H2,1-3H3. The highest BCUT2D eigenvalue weighted by molar-refractivity contribution is 5.41. The van der Waals surface area contributed by atoms with Crippen molar-refractivity contribution < 1.29 is 5.11 Å². The van der Waals surface area contributed by atoms with Crippen LogP contribution in [0.25, 0.3) is 5.69 Å². The number of hydrogen-bond donors (Lipinski definition) is 2. The fourth-order valence-corrected chi connectivity index (χ4v) is 2.42. The molecule has 2 aromatic rings. The molecule has 0 saturated carbocycles. The van der Waals surface area contributed by atoms with Crippen molar-refractivity contribution in [2.24, 2.45) is 5.41 Å². The van der Waals surface area contributed by atoms with Gasteiger partial charge >= 0.3 is 0 Å². The lowest BCUT2D eigenvalue weighted by Crippen LogP contribution is -2.21. The van der Waals surface area contributed by atoms with Gasteiger partial charge < -0.3 is 10.4 Å². The first-order chi connectivity index (χ1) is 10.5. The van der Waals surface area contributed by atoms with E-state index in [1.54, 1.807) is 17.3 Å². The van der Waals surface area contributed by atoms with E-state index in [-0.39, 0.29) is 12.0 Å². The van der Waals surface area contributed by atoms with Crippen molar-refractivity contribution in [2.45, 2.75) is 40.2 Å². The van der Waals surface area contributed by atoms with E-state index in [1.807, 2.05) is 0 Å². The van der Waals surface area contributed by atoms with E-state index in [0.717, 1.165) is 31.6 Å². The van der Waals surface area contributed by atoms with E-state index >= 15 is 0 Å². The highest BCUT2D eigenvalue weighted by atomic mass is 16.3. The maximum Gasteiger partial charge on any atom is 0.138 e. The van der Waals surface area contributed by atoms with E-state index < -0.39 is 0 Å². The van der Waals surface area contributed by atoms with Crippen LogP contribution in [-0.4, -0.2) is 33.0 Å². The average molecular weight is 302 g/mol. The first kappa shape index (κ1) is 16.6. The zero-order valence-electron chi connectivity index (χ0n) is 13.7. The molecule has 0 saturated heterocycles. The second kappa shape index (κ2) is 7.51. The van der Waals surface area contributed by atoms with Crippen LogP contribution in [-0.2, 0) is 6.54 Å². The third kappa shape index (κ3) is 4.64. The van der Waals surface area contributed by atoms with Crippen molar-refractivity contribution in [1.29, 1.82) is 0 Å². The van der Waals surface area contributed by atoms with E-state index in [9.17, 15) is 5.11 Å². The molecular formula is C17H26N4O. The molecule has 0 bridgehead atoms. The Balaban J connectivity index is 1.81. The van der Waals surface area contributed by atoms with Crippen LogP contribution in [0.2, 0.25) is 0 Å². The Morgan fingerprint density at radius 3 is 2.77 bits per heavy atom. The van der Waals surface area contributed by atoms with Crippen molar-refractivity contribution in [3.63, 3.8) is 0 Å². The molecule has 0 spiro atoms. The maximum absolute atomic E-state index is 9.23. The first-order valence-electron chi connectivity index (χ1n) is 7.78. The van der Waals surface area contributed by atoms with Gasteiger partial charge in [0.25, 0.3) is 0 Å². The second-order valence-electron chi connectivity index (χ2n) is 6.56. The predicted octanol–water partition coefficient (Wildman–Crippen LogP) is 2.46. The Hall–Kier alpha value is -1.72. The summed E-state index contributed by atoms with van der Waals surface area (Å²) in [6, 6.07) is 6.38. The van der Waals surface area contributed by atoms with Gasteiger partial charge in [-0.15, -0.1) is 0 Å². The Kier molecular flexibility index (Phi) is 5.69. The minimum atomic E-state index is 0.0255. The smallest absolute Gasteiger partial charge is 0.138 e. The van der Waals surface area contributed by atoms with Gasteiger partial charge in [-0.25, -0.2) is 9.67 Å². The van der Waals surface area contributed by atoms with Gasteiger partial charge in [-0.3, -0.25) is 0 Å². The minimum absolute atomic E-state index is 0.0255. The molecule has 0 unspecified atom stereocenters. The van der Waals surface area contributed by atoms with E-state index in [4.69, 9.17) is 0 Å². The molecule has 0 aliphatic heterocycles. The fraction of sp³-hybridized carbons (Fsp3) is 0.529. The summed E-state index contributed by atoms with van der Waals surface area (Å²) in [4.78, 5) is 3.98. The normalized spacial score (nSPS) is 11.8. The zero-order valence-corrected chi connectivity index (χ0v) is 13.7. The molecule has 0 radical (unpaired) electrons. The minimum Gasteiger partial charge on any atom is -0.396 e. The first-order valence-corrected chi connectivity index (χ1v) is 7.78. The van der Waals surface area contributed by atoms with E-state index in [1.165, 1.54) is 11.1 Å². The summed E-state index contributed by atoms with van der Waals surface area (Å²) in [6.45, 7) is 8.35. The molecule has 0 fully saturated rings. The number of aromatic nitrogens is 3. The van der Waals surface area contributed by atoms with Crippen LogP contribution in [0.5, 0.6) is 0 Å². The highest BCUT2D eigenvalue weighted by Gasteiger charge is 2.15. The molecule has 1 aromatic heterocycles. The number of rotatable bonds is 8. The Morgan fingerprint density at radius 2 is 2.14 bits per heavy atom. The Morgan fingerprint density at radius 1 is 1.32 bits per heavy atom. The van der Waals surface area contributed by atoms with Gasteiger partial charge in [0.15, 0.2) is 0 Å². The molecule has 1 aromatic carbocycles. The fourth-order valence-electron chi connectivity index (χ4n) is 2.42. The molecular weight excluding hydrogens is 276 g/mol. The molecule has 120 valence electrons. The second-order valence-corrected chi connectivity index (χ2v) is 6.56. The van der Waals surface area contributed by atoms with Crippen LogP contribution in [0.15, 0.2) is 30.9 Å². The third-order valence-corrected chi connectivity index (χ3v) is 3.89. The summed E-state index contributed by atoms with van der Waals surface area (Å²) in [5.41, 5.74) is 3.54. The van der Waals surface area contributed by atoms with Crippen LogP contribution in [0.3, 0.4) is 0 Å². The number of hydrogen-bond acceptors (Lipinski definition) is 4. The van der Waals surface area contributed by atoms with Gasteiger partial charge in [-0.05, 0) is 48.9 Å². The number of aryl methyl sites for hydroxylation is 1. The Bertz CT molecular complexity index is 578. The number of aliphatic hydroxyl groups excluding tert-OH is 1. The number of benzene rings is 1. The summed E-state index contributed by atoms with van der Waals surface area (Å²) in [5, 5.41) is 16.9. The maximum atomic E-state index is 9.23. The quantitative estimate of drug-likeness (QED) is 0.735. The van der Waals surface area contributed by atoms with Crippen LogP contribution in [0, 0.1) is 12.3 Å². The summed E-state index contributed by atoms with van der Waals surface area (Å²) in [6.07, 6.45) is 5.36. The summed E-state index contributed by atoms with van der Waals surface area (Å²) < 4.78 is 1.78. The topological polar surface area (TPSA) is 63.0 Å². The van der Waals surface area contributed by atoms with Crippen molar-refractivity contribution in [3.05, 3.63) is 42.0 Å². The van der Waals surface area contributed by atoms with E-state index in [2.05, 4.69) is 54.4 Å². The molecule has 5 nitrogen and oxygen atoms in total. The lowest BCUT2D eigenvalue weighted by Gasteiger charge is -2.21. The lowest BCUT2D eigenvalue weighted by atomic mass is 9.89. The summed E-state index contributed by atoms with van der Waals surface area (Å²) in [5.74, 6) is 0. The number of aliphatic hydroxyl groups is 1. The van der Waals surface area contributed by atoms with Crippen molar-refractivity contribution in [1.82, 2.24) is 20.1 Å². The van der Waals surface area contributed by atoms with Gasteiger partial charge in [0, 0.05) is 13.2 Å². The molecule has 5 heteroatoms. The lowest BCUT2D eigenvalue weighted by molar-refractivity contribution is 0.148. The van der Waals surface area contributed by atoms with Gasteiger partial charge in [0.1, 0.15) is 12.7 Å². The van der Waals surface area contributed by atoms with Gasteiger partial charge in [-0.1, -0.05) is 26.0 Å². The van der Waals surface area contributed by atoms with Crippen molar-refractivity contribution in [2.75, 3.05) is 13.2 Å². The molecule has 1 heterocycles. The van der Waals surface area contributed by atoms with Crippen molar-refractivity contribution in [3.8, 4) is 5.69 Å². The molecule has 0 aliphatic carbocycles. The van der Waals surface area contributed by atoms with E-state index in [0.29, 0.717) is 0 Å². The largest absolute Gasteiger partial charge is 0.396 e. The number of nitrogens with zero attached hydrogens (tertiary/aromatic N) is 3. The SMILES string of the molecule is Cc1cc(CNCCCC(C)(C)CO)ccc1-n1cncn1. The predicted molar refractivity (Wildman–Crippen MR) is 87.9 cm³/mol. The average Bonchev–Trinajstić information content (AvgIpc) is 3.01. The van der Waals surface area contributed by atoms with Gasteiger partial charge in [0.05, 0.1) is 5.69 Å². The zero-order chi connectivity index (χ0) is 16.0.